The predicted octanol–water partition coefficient (Wildman–Crippen LogP) is 2.62. The highest BCUT2D eigenvalue weighted by atomic mass is 16.2. The van der Waals surface area contributed by atoms with Crippen LogP contribution in [0.3, 0.4) is 0 Å². The van der Waals surface area contributed by atoms with Gasteiger partial charge in [-0.1, -0.05) is 18.9 Å². The molecule has 0 aliphatic heterocycles. The lowest BCUT2D eigenvalue weighted by molar-refractivity contribution is -0.126. The Morgan fingerprint density at radius 2 is 2.12 bits per heavy atom. The maximum atomic E-state index is 12.1. The highest BCUT2D eigenvalue weighted by Gasteiger charge is 2.28. The average molecular weight is 232 g/mol. The number of pyridine rings is 1. The lowest BCUT2D eigenvalue weighted by Crippen LogP contribution is -2.43. The van der Waals surface area contributed by atoms with E-state index in [9.17, 15) is 4.79 Å². The Balaban J connectivity index is 2.04. The number of rotatable bonds is 3. The summed E-state index contributed by atoms with van der Waals surface area (Å²) in [6, 6.07) is 3.90. The molecule has 1 aliphatic rings. The van der Waals surface area contributed by atoms with Crippen LogP contribution in [0.5, 0.6) is 0 Å². The van der Waals surface area contributed by atoms with E-state index in [1.54, 1.807) is 6.20 Å². The lowest BCUT2D eigenvalue weighted by atomic mass is 9.94. The molecule has 0 bridgehead atoms. The fraction of sp³-hybridized carbons (Fsp3) is 0.571. The van der Waals surface area contributed by atoms with Gasteiger partial charge in [0.1, 0.15) is 0 Å². The minimum absolute atomic E-state index is 0.191. The van der Waals surface area contributed by atoms with Crippen molar-refractivity contribution in [1.29, 1.82) is 0 Å². The average Bonchev–Trinajstić information content (AvgIpc) is 2.83. The third-order valence-electron chi connectivity index (χ3n) is 3.54. The third-order valence-corrected chi connectivity index (χ3v) is 3.54. The van der Waals surface area contributed by atoms with Gasteiger partial charge in [-0.3, -0.25) is 9.78 Å². The van der Waals surface area contributed by atoms with E-state index in [4.69, 9.17) is 0 Å². The minimum Gasteiger partial charge on any atom is -0.347 e. The summed E-state index contributed by atoms with van der Waals surface area (Å²) in [4.78, 5) is 16.2. The molecule has 1 saturated carbocycles. The third kappa shape index (κ3) is 2.84. The van der Waals surface area contributed by atoms with Crippen LogP contribution in [0.2, 0.25) is 0 Å². The smallest absolute Gasteiger partial charge is 0.223 e. The largest absolute Gasteiger partial charge is 0.347 e. The minimum atomic E-state index is -0.339. The Kier molecular flexibility index (Phi) is 3.46. The van der Waals surface area contributed by atoms with Crippen LogP contribution < -0.4 is 5.32 Å². The number of hydrogen-bond donors (Lipinski definition) is 1. The van der Waals surface area contributed by atoms with Crippen LogP contribution >= 0.6 is 0 Å². The Labute approximate surface area is 103 Å². The first kappa shape index (κ1) is 12.1. The summed E-state index contributed by atoms with van der Waals surface area (Å²) >= 11 is 0. The number of amides is 1. The number of nitrogens with one attached hydrogen (secondary N) is 1. The van der Waals surface area contributed by atoms with E-state index in [0.717, 1.165) is 18.4 Å². The molecule has 0 aromatic carbocycles. The van der Waals surface area contributed by atoms with Crippen LogP contribution in [-0.2, 0) is 10.3 Å². The molecule has 3 nitrogen and oxygen atoms in total. The van der Waals surface area contributed by atoms with E-state index in [0.29, 0.717) is 0 Å². The summed E-state index contributed by atoms with van der Waals surface area (Å²) in [6.07, 6.45) is 8.01. The molecular formula is C14H20N2O. The normalized spacial score (nSPS) is 17.1. The Morgan fingerprint density at radius 3 is 2.71 bits per heavy atom. The van der Waals surface area contributed by atoms with Crippen molar-refractivity contribution in [3.8, 4) is 0 Å². The van der Waals surface area contributed by atoms with Crippen LogP contribution in [0.25, 0.3) is 0 Å². The van der Waals surface area contributed by atoms with Gasteiger partial charge in [-0.05, 0) is 38.3 Å². The summed E-state index contributed by atoms with van der Waals surface area (Å²) in [5.41, 5.74) is 0.708. The summed E-state index contributed by atoms with van der Waals surface area (Å²) in [5.74, 6) is 0.405. The van der Waals surface area contributed by atoms with Gasteiger partial charge in [0.2, 0.25) is 5.91 Å². The Hall–Kier alpha value is -1.38. The monoisotopic (exact) mass is 232 g/mol. The fourth-order valence-electron chi connectivity index (χ4n) is 2.40. The van der Waals surface area contributed by atoms with Crippen LogP contribution in [0.1, 0.15) is 45.1 Å². The van der Waals surface area contributed by atoms with Crippen molar-refractivity contribution in [2.24, 2.45) is 5.92 Å². The number of aromatic nitrogens is 1. The zero-order valence-corrected chi connectivity index (χ0v) is 10.6. The van der Waals surface area contributed by atoms with Crippen LogP contribution in [-0.4, -0.2) is 10.9 Å². The number of carbonyl (C=O) groups excluding carboxylic acids is 1. The molecule has 1 fully saturated rings. The first-order valence-corrected chi connectivity index (χ1v) is 6.32. The van der Waals surface area contributed by atoms with E-state index in [1.165, 1.54) is 12.8 Å². The molecule has 0 unspecified atom stereocenters. The number of hydrogen-bond acceptors (Lipinski definition) is 2. The molecule has 0 spiro atoms. The molecule has 3 heteroatoms. The van der Waals surface area contributed by atoms with Crippen molar-refractivity contribution in [2.45, 2.75) is 45.1 Å². The molecule has 1 aromatic rings. The molecule has 0 radical (unpaired) electrons. The second-order valence-corrected chi connectivity index (χ2v) is 5.34. The summed E-state index contributed by atoms with van der Waals surface area (Å²) in [6.45, 7) is 4.05. The Morgan fingerprint density at radius 1 is 1.41 bits per heavy atom. The molecule has 2 rings (SSSR count). The fourth-order valence-corrected chi connectivity index (χ4v) is 2.40. The number of carbonyl (C=O) groups is 1. The maximum Gasteiger partial charge on any atom is 0.223 e. The summed E-state index contributed by atoms with van der Waals surface area (Å²) < 4.78 is 0. The number of nitrogens with zero attached hydrogens (tertiary/aromatic N) is 1. The van der Waals surface area contributed by atoms with Crippen molar-refractivity contribution in [3.63, 3.8) is 0 Å². The van der Waals surface area contributed by atoms with Crippen molar-refractivity contribution in [2.75, 3.05) is 0 Å². The second kappa shape index (κ2) is 4.86. The summed E-state index contributed by atoms with van der Waals surface area (Å²) in [5, 5.41) is 3.14. The van der Waals surface area contributed by atoms with Crippen LogP contribution in [0.15, 0.2) is 24.5 Å². The molecule has 92 valence electrons. The molecule has 0 saturated heterocycles. The van der Waals surface area contributed by atoms with E-state index in [2.05, 4.69) is 10.3 Å². The standard InChI is InChI=1S/C14H20N2O/c1-14(2,12-8-5-9-15-10-12)16-13(17)11-6-3-4-7-11/h5,8-11H,3-4,6-7H2,1-2H3,(H,16,17). The van der Waals surface area contributed by atoms with E-state index in [1.807, 2.05) is 32.2 Å². The molecule has 1 aliphatic carbocycles. The van der Waals surface area contributed by atoms with Gasteiger partial charge in [0.15, 0.2) is 0 Å². The predicted molar refractivity (Wildman–Crippen MR) is 67.4 cm³/mol. The van der Waals surface area contributed by atoms with E-state index < -0.39 is 0 Å². The second-order valence-electron chi connectivity index (χ2n) is 5.34. The summed E-state index contributed by atoms with van der Waals surface area (Å²) in [7, 11) is 0. The topological polar surface area (TPSA) is 42.0 Å². The maximum absolute atomic E-state index is 12.1. The van der Waals surface area contributed by atoms with E-state index >= 15 is 0 Å². The van der Waals surface area contributed by atoms with Crippen molar-refractivity contribution in [1.82, 2.24) is 10.3 Å². The van der Waals surface area contributed by atoms with Gasteiger partial charge in [0, 0.05) is 18.3 Å². The zero-order valence-electron chi connectivity index (χ0n) is 10.6. The van der Waals surface area contributed by atoms with Gasteiger partial charge < -0.3 is 5.32 Å². The van der Waals surface area contributed by atoms with Gasteiger partial charge in [0.05, 0.1) is 5.54 Å². The van der Waals surface area contributed by atoms with Crippen molar-refractivity contribution in [3.05, 3.63) is 30.1 Å². The zero-order chi connectivity index (χ0) is 12.3. The van der Waals surface area contributed by atoms with Gasteiger partial charge >= 0.3 is 0 Å². The molecule has 1 N–H and O–H groups in total. The van der Waals surface area contributed by atoms with Gasteiger partial charge in [-0.25, -0.2) is 0 Å². The first-order valence-electron chi connectivity index (χ1n) is 6.32. The SMILES string of the molecule is CC(C)(NC(=O)C1CCCC1)c1cccnc1. The van der Waals surface area contributed by atoms with Crippen molar-refractivity contribution < 1.29 is 4.79 Å². The van der Waals surface area contributed by atoms with E-state index in [-0.39, 0.29) is 17.4 Å². The molecule has 1 amide bonds. The molecular weight excluding hydrogens is 212 g/mol. The lowest BCUT2D eigenvalue weighted by Gasteiger charge is -2.28. The molecule has 0 atom stereocenters. The molecule has 17 heavy (non-hydrogen) atoms. The highest BCUT2D eigenvalue weighted by Crippen LogP contribution is 2.27. The van der Waals surface area contributed by atoms with Gasteiger partial charge in [-0.15, -0.1) is 0 Å². The van der Waals surface area contributed by atoms with Crippen LogP contribution in [0.4, 0.5) is 0 Å². The van der Waals surface area contributed by atoms with Crippen LogP contribution in [0, 0.1) is 5.92 Å². The van der Waals surface area contributed by atoms with Gasteiger partial charge in [0.25, 0.3) is 0 Å². The highest BCUT2D eigenvalue weighted by molar-refractivity contribution is 5.79. The quantitative estimate of drug-likeness (QED) is 0.870. The first-order chi connectivity index (χ1) is 8.09. The van der Waals surface area contributed by atoms with Gasteiger partial charge in [-0.2, -0.15) is 0 Å². The Bertz CT molecular complexity index is 380. The van der Waals surface area contributed by atoms with Crippen molar-refractivity contribution >= 4 is 5.91 Å². The molecule has 1 heterocycles. The molecule has 1 aromatic heterocycles.